The third kappa shape index (κ3) is 4.07. The zero-order chi connectivity index (χ0) is 19.7. The van der Waals surface area contributed by atoms with E-state index in [0.717, 1.165) is 75.1 Å². The lowest BCUT2D eigenvalue weighted by molar-refractivity contribution is 0.240. The normalized spacial score (nSPS) is 18.2. The fourth-order valence-electron chi connectivity index (χ4n) is 4.14. The molecule has 2 aliphatic rings. The topological polar surface area (TPSA) is 55.5 Å². The Balaban J connectivity index is 1.48. The first-order valence-electron chi connectivity index (χ1n) is 10.3. The number of nitrogens with zero attached hydrogens (tertiary/aromatic N) is 4. The monoisotopic (exact) mass is 381 g/mol. The van der Waals surface area contributed by atoms with Gasteiger partial charge in [0.15, 0.2) is 0 Å². The van der Waals surface area contributed by atoms with Crippen molar-refractivity contribution in [3.63, 3.8) is 0 Å². The summed E-state index contributed by atoms with van der Waals surface area (Å²) in [4.78, 5) is 27.3. The number of benzene rings is 1. The number of hydrogen-bond donors (Lipinski definition) is 1. The Morgan fingerprint density at radius 2 is 1.86 bits per heavy atom. The van der Waals surface area contributed by atoms with Crippen LogP contribution in [0.2, 0.25) is 0 Å². The summed E-state index contributed by atoms with van der Waals surface area (Å²) in [6, 6.07) is 8.70. The van der Waals surface area contributed by atoms with E-state index in [1.165, 1.54) is 11.3 Å². The Bertz CT molecular complexity index is 865. The van der Waals surface area contributed by atoms with E-state index in [9.17, 15) is 4.79 Å². The van der Waals surface area contributed by atoms with E-state index in [-0.39, 0.29) is 5.56 Å². The quantitative estimate of drug-likeness (QED) is 0.882. The van der Waals surface area contributed by atoms with Crippen LogP contribution in [0.1, 0.15) is 36.6 Å². The molecule has 0 atom stereocenters. The third-order valence-corrected chi connectivity index (χ3v) is 6.08. The maximum atomic E-state index is 12.6. The summed E-state index contributed by atoms with van der Waals surface area (Å²) < 4.78 is 0. The Morgan fingerprint density at radius 1 is 1.14 bits per heavy atom. The highest BCUT2D eigenvalue weighted by molar-refractivity contribution is 5.46. The largest absolute Gasteiger partial charge is 0.378 e. The zero-order valence-corrected chi connectivity index (χ0v) is 17.2. The standard InChI is InChI=1S/C22H31N5O/c1-16-8-12-27(13-9-16)22-23-20-15-26(11-10-19(20)21(28)24-22)14-17-4-6-18(7-5-17)25(2)3/h4-7,16H,8-15H2,1-3H3,(H,23,24,28). The van der Waals surface area contributed by atoms with Crippen molar-refractivity contribution >= 4 is 11.6 Å². The second kappa shape index (κ2) is 7.95. The summed E-state index contributed by atoms with van der Waals surface area (Å²) in [7, 11) is 4.11. The number of aromatic amines is 1. The van der Waals surface area contributed by atoms with Crippen LogP contribution in [-0.4, -0.2) is 48.6 Å². The van der Waals surface area contributed by atoms with Crippen molar-refractivity contribution in [2.75, 3.05) is 43.5 Å². The Morgan fingerprint density at radius 3 is 2.54 bits per heavy atom. The van der Waals surface area contributed by atoms with Crippen LogP contribution in [-0.2, 0) is 19.5 Å². The summed E-state index contributed by atoms with van der Waals surface area (Å²) in [6.45, 7) is 6.77. The predicted molar refractivity (Wildman–Crippen MR) is 114 cm³/mol. The van der Waals surface area contributed by atoms with E-state index in [2.05, 4.69) is 65.0 Å². The highest BCUT2D eigenvalue weighted by Gasteiger charge is 2.24. The summed E-state index contributed by atoms with van der Waals surface area (Å²) in [5.41, 5.74) is 4.38. The number of rotatable bonds is 4. The molecular weight excluding hydrogens is 350 g/mol. The molecule has 0 aliphatic carbocycles. The van der Waals surface area contributed by atoms with Crippen LogP contribution in [0.15, 0.2) is 29.1 Å². The van der Waals surface area contributed by atoms with Gasteiger partial charge >= 0.3 is 0 Å². The van der Waals surface area contributed by atoms with Crippen molar-refractivity contribution in [1.82, 2.24) is 14.9 Å². The summed E-state index contributed by atoms with van der Waals surface area (Å²) >= 11 is 0. The van der Waals surface area contributed by atoms with E-state index < -0.39 is 0 Å². The molecule has 150 valence electrons. The van der Waals surface area contributed by atoms with E-state index in [4.69, 9.17) is 4.98 Å². The molecular formula is C22H31N5O. The van der Waals surface area contributed by atoms with Crippen molar-refractivity contribution in [3.8, 4) is 0 Å². The number of H-pyrrole nitrogens is 1. The van der Waals surface area contributed by atoms with Crippen LogP contribution in [0.25, 0.3) is 0 Å². The van der Waals surface area contributed by atoms with Gasteiger partial charge in [-0.3, -0.25) is 14.7 Å². The minimum atomic E-state index is 0.0496. The van der Waals surface area contributed by atoms with Crippen molar-refractivity contribution < 1.29 is 0 Å². The molecule has 1 aromatic heterocycles. The number of nitrogens with one attached hydrogen (secondary N) is 1. The molecule has 0 spiro atoms. The Hall–Kier alpha value is -2.34. The maximum Gasteiger partial charge on any atom is 0.255 e. The maximum absolute atomic E-state index is 12.6. The molecule has 1 saturated heterocycles. The van der Waals surface area contributed by atoms with E-state index in [1.807, 2.05) is 0 Å². The van der Waals surface area contributed by atoms with Crippen molar-refractivity contribution in [2.45, 2.75) is 39.3 Å². The fourth-order valence-corrected chi connectivity index (χ4v) is 4.14. The Labute approximate surface area is 167 Å². The second-order valence-electron chi connectivity index (χ2n) is 8.51. The van der Waals surface area contributed by atoms with Crippen LogP contribution < -0.4 is 15.4 Å². The number of fused-ring (bicyclic) bond motifs is 1. The second-order valence-corrected chi connectivity index (χ2v) is 8.51. The fraction of sp³-hybridized carbons (Fsp3) is 0.545. The molecule has 6 heteroatoms. The molecule has 1 N–H and O–H groups in total. The molecule has 4 rings (SSSR count). The summed E-state index contributed by atoms with van der Waals surface area (Å²) in [6.07, 6.45) is 3.09. The van der Waals surface area contributed by atoms with Crippen molar-refractivity contribution in [1.29, 1.82) is 0 Å². The van der Waals surface area contributed by atoms with Gasteiger partial charge in [0.1, 0.15) is 0 Å². The van der Waals surface area contributed by atoms with Gasteiger partial charge in [0.2, 0.25) is 5.95 Å². The molecule has 0 bridgehead atoms. The van der Waals surface area contributed by atoms with Crippen LogP contribution in [0, 0.1) is 5.92 Å². The molecule has 2 aromatic rings. The van der Waals surface area contributed by atoms with Crippen LogP contribution in [0.3, 0.4) is 0 Å². The molecule has 0 saturated carbocycles. The molecule has 6 nitrogen and oxygen atoms in total. The molecule has 3 heterocycles. The van der Waals surface area contributed by atoms with Gasteiger partial charge in [-0.15, -0.1) is 0 Å². The molecule has 0 amide bonds. The van der Waals surface area contributed by atoms with E-state index in [1.54, 1.807) is 0 Å². The van der Waals surface area contributed by atoms with Gasteiger partial charge in [0.25, 0.3) is 5.56 Å². The molecule has 0 unspecified atom stereocenters. The van der Waals surface area contributed by atoms with Crippen molar-refractivity contribution in [2.24, 2.45) is 5.92 Å². The van der Waals surface area contributed by atoms with Gasteiger partial charge < -0.3 is 9.80 Å². The highest BCUT2D eigenvalue weighted by atomic mass is 16.1. The van der Waals surface area contributed by atoms with Gasteiger partial charge in [-0.25, -0.2) is 4.98 Å². The number of piperidine rings is 1. The molecule has 0 radical (unpaired) electrons. The lowest BCUT2D eigenvalue weighted by atomic mass is 9.99. The number of aromatic nitrogens is 2. The third-order valence-electron chi connectivity index (χ3n) is 6.08. The van der Waals surface area contributed by atoms with Gasteiger partial charge in [-0.05, 0) is 42.9 Å². The number of hydrogen-bond acceptors (Lipinski definition) is 5. The van der Waals surface area contributed by atoms with Crippen LogP contribution in [0.5, 0.6) is 0 Å². The first kappa shape index (κ1) is 19.0. The number of anilines is 2. The minimum absolute atomic E-state index is 0.0496. The summed E-state index contributed by atoms with van der Waals surface area (Å²) in [5.74, 6) is 1.52. The van der Waals surface area contributed by atoms with Crippen molar-refractivity contribution in [3.05, 3.63) is 51.4 Å². The average molecular weight is 382 g/mol. The van der Waals surface area contributed by atoms with Gasteiger partial charge in [0.05, 0.1) is 5.69 Å². The molecule has 1 fully saturated rings. The first-order chi connectivity index (χ1) is 13.5. The summed E-state index contributed by atoms with van der Waals surface area (Å²) in [5, 5.41) is 0. The van der Waals surface area contributed by atoms with Crippen LogP contribution in [0.4, 0.5) is 11.6 Å². The molecule has 1 aromatic carbocycles. The molecule has 2 aliphatic heterocycles. The van der Waals surface area contributed by atoms with Gasteiger partial charge in [0, 0.05) is 58.1 Å². The smallest absolute Gasteiger partial charge is 0.255 e. The molecule has 28 heavy (non-hydrogen) atoms. The van der Waals surface area contributed by atoms with Gasteiger partial charge in [-0.1, -0.05) is 19.1 Å². The lowest BCUT2D eigenvalue weighted by Gasteiger charge is -2.32. The van der Waals surface area contributed by atoms with Gasteiger partial charge in [-0.2, -0.15) is 0 Å². The highest BCUT2D eigenvalue weighted by Crippen LogP contribution is 2.23. The predicted octanol–water partition coefficient (Wildman–Crippen LogP) is 2.63. The lowest BCUT2D eigenvalue weighted by Crippen LogP contribution is -2.39. The average Bonchev–Trinajstić information content (AvgIpc) is 2.68. The van der Waals surface area contributed by atoms with Crippen LogP contribution >= 0.6 is 0 Å². The minimum Gasteiger partial charge on any atom is -0.378 e. The first-order valence-corrected chi connectivity index (χ1v) is 10.3. The zero-order valence-electron chi connectivity index (χ0n) is 17.2. The van der Waals surface area contributed by atoms with E-state index in [0.29, 0.717) is 0 Å². The van der Waals surface area contributed by atoms with E-state index >= 15 is 0 Å². The SMILES string of the molecule is CC1CCN(c2nc3c(c(=O)[nH]2)CCN(Cc2ccc(N(C)C)cc2)C3)CC1. The Kier molecular flexibility index (Phi) is 5.40.